The Morgan fingerprint density at radius 3 is 2.87 bits per heavy atom. The van der Waals surface area contributed by atoms with Gasteiger partial charge in [-0.3, -0.25) is 9.48 Å². The zero-order chi connectivity index (χ0) is 10.8. The van der Waals surface area contributed by atoms with Crippen LogP contribution >= 0.6 is 0 Å². The summed E-state index contributed by atoms with van der Waals surface area (Å²) in [5, 5.41) is 13.3. The van der Waals surface area contributed by atoms with Gasteiger partial charge in [-0.15, -0.1) is 0 Å². The van der Waals surface area contributed by atoms with E-state index in [1.165, 1.54) is 0 Å². The molecule has 1 heterocycles. The predicted molar refractivity (Wildman–Crippen MR) is 55.5 cm³/mol. The van der Waals surface area contributed by atoms with Crippen molar-refractivity contribution in [1.29, 1.82) is 0 Å². The minimum absolute atomic E-state index is 0.157. The zero-order valence-corrected chi connectivity index (χ0v) is 8.89. The number of aliphatic carboxylic acids is 1. The van der Waals surface area contributed by atoms with Crippen LogP contribution in [-0.2, 0) is 11.8 Å². The van der Waals surface area contributed by atoms with Crippen LogP contribution in [0, 0.1) is 5.92 Å². The van der Waals surface area contributed by atoms with Gasteiger partial charge in [-0.2, -0.15) is 5.10 Å². The average Bonchev–Trinajstić information content (AvgIpc) is 2.65. The van der Waals surface area contributed by atoms with Crippen LogP contribution in [0.2, 0.25) is 0 Å². The van der Waals surface area contributed by atoms with Crippen LogP contribution < -0.4 is 0 Å². The number of hydrogen-bond donors (Lipinski definition) is 1. The summed E-state index contributed by atoms with van der Waals surface area (Å²) in [6, 6.07) is 0. The van der Waals surface area contributed by atoms with Gasteiger partial charge in [0.25, 0.3) is 0 Å². The highest BCUT2D eigenvalue weighted by molar-refractivity contribution is 5.71. The van der Waals surface area contributed by atoms with Gasteiger partial charge in [0.15, 0.2) is 0 Å². The van der Waals surface area contributed by atoms with Gasteiger partial charge in [-0.05, 0) is 18.4 Å². The zero-order valence-electron chi connectivity index (χ0n) is 8.89. The van der Waals surface area contributed by atoms with E-state index in [0.717, 1.165) is 31.2 Å². The molecule has 1 N–H and O–H groups in total. The summed E-state index contributed by atoms with van der Waals surface area (Å²) in [5.41, 5.74) is 1.07. The Balaban J connectivity index is 2.21. The van der Waals surface area contributed by atoms with E-state index in [1.54, 1.807) is 10.9 Å². The molecule has 0 amide bonds. The Hall–Kier alpha value is -1.32. The first-order valence-corrected chi connectivity index (χ1v) is 5.40. The predicted octanol–water partition coefficient (Wildman–Crippen LogP) is 1.78. The minimum atomic E-state index is -0.663. The van der Waals surface area contributed by atoms with Gasteiger partial charge in [0, 0.05) is 19.2 Å². The van der Waals surface area contributed by atoms with Gasteiger partial charge in [-0.1, -0.05) is 12.8 Å². The molecule has 1 aromatic heterocycles. The fourth-order valence-corrected chi connectivity index (χ4v) is 2.46. The Bertz CT molecular complexity index is 359. The summed E-state index contributed by atoms with van der Waals surface area (Å²) in [6.07, 6.45) is 7.67. The Morgan fingerprint density at radius 2 is 2.27 bits per heavy atom. The van der Waals surface area contributed by atoms with Gasteiger partial charge in [0.2, 0.25) is 0 Å². The lowest BCUT2D eigenvalue weighted by Crippen LogP contribution is -2.25. The molecule has 15 heavy (non-hydrogen) atoms. The first-order chi connectivity index (χ1) is 7.18. The molecule has 1 aliphatic carbocycles. The summed E-state index contributed by atoms with van der Waals surface area (Å²) in [4.78, 5) is 11.1. The van der Waals surface area contributed by atoms with Gasteiger partial charge < -0.3 is 5.11 Å². The van der Waals surface area contributed by atoms with Gasteiger partial charge in [0.1, 0.15) is 0 Å². The molecule has 1 fully saturated rings. The molecular weight excluding hydrogens is 192 g/mol. The summed E-state index contributed by atoms with van der Waals surface area (Å²) in [7, 11) is 1.86. The van der Waals surface area contributed by atoms with Crippen LogP contribution in [0.25, 0.3) is 0 Å². The molecule has 1 aromatic rings. The number of carboxylic acids is 1. The van der Waals surface area contributed by atoms with E-state index >= 15 is 0 Å². The second kappa shape index (κ2) is 4.04. The van der Waals surface area contributed by atoms with Crippen LogP contribution in [0.4, 0.5) is 0 Å². The maximum absolute atomic E-state index is 11.1. The van der Waals surface area contributed by atoms with Crippen molar-refractivity contribution in [2.24, 2.45) is 13.0 Å². The standard InChI is InChI=1S/C11H16N2O2/c1-13-7-8(6-12-13)9-4-2-3-5-10(9)11(14)15/h6-7,9-10H,2-5H2,1H3,(H,14,15). The Kier molecular flexibility index (Phi) is 2.75. The molecule has 4 nitrogen and oxygen atoms in total. The summed E-state index contributed by atoms with van der Waals surface area (Å²) < 4.78 is 1.74. The van der Waals surface area contributed by atoms with Crippen molar-refractivity contribution in [1.82, 2.24) is 9.78 Å². The highest BCUT2D eigenvalue weighted by Crippen LogP contribution is 2.37. The molecule has 82 valence electrons. The molecule has 0 radical (unpaired) electrons. The minimum Gasteiger partial charge on any atom is -0.481 e. The second-order valence-electron chi connectivity index (χ2n) is 4.28. The van der Waals surface area contributed by atoms with Crippen molar-refractivity contribution < 1.29 is 9.90 Å². The van der Waals surface area contributed by atoms with E-state index in [4.69, 9.17) is 5.11 Å². The first-order valence-electron chi connectivity index (χ1n) is 5.40. The van der Waals surface area contributed by atoms with Crippen molar-refractivity contribution >= 4 is 5.97 Å². The van der Waals surface area contributed by atoms with Crippen molar-refractivity contribution in [3.63, 3.8) is 0 Å². The number of aromatic nitrogens is 2. The lowest BCUT2D eigenvalue weighted by atomic mass is 9.76. The van der Waals surface area contributed by atoms with Gasteiger partial charge in [-0.25, -0.2) is 0 Å². The number of carbonyl (C=O) groups is 1. The first kappa shape index (κ1) is 10.2. The van der Waals surface area contributed by atoms with E-state index < -0.39 is 5.97 Å². The van der Waals surface area contributed by atoms with Crippen LogP contribution in [0.3, 0.4) is 0 Å². The number of carboxylic acid groups (broad SMARTS) is 1. The molecule has 0 spiro atoms. The van der Waals surface area contributed by atoms with E-state index in [2.05, 4.69) is 5.10 Å². The Morgan fingerprint density at radius 1 is 1.53 bits per heavy atom. The molecule has 2 unspecified atom stereocenters. The van der Waals surface area contributed by atoms with Crippen molar-refractivity contribution in [3.05, 3.63) is 18.0 Å². The molecule has 0 aromatic carbocycles. The number of rotatable bonds is 2. The third kappa shape index (κ3) is 2.03. The SMILES string of the molecule is Cn1cc(C2CCCCC2C(=O)O)cn1. The maximum Gasteiger partial charge on any atom is 0.307 e. The van der Waals surface area contributed by atoms with E-state index in [9.17, 15) is 4.79 Å². The molecule has 2 atom stereocenters. The fraction of sp³-hybridized carbons (Fsp3) is 0.636. The number of hydrogen-bond acceptors (Lipinski definition) is 2. The van der Waals surface area contributed by atoms with Crippen molar-refractivity contribution in [3.8, 4) is 0 Å². The molecular formula is C11H16N2O2. The topological polar surface area (TPSA) is 55.1 Å². The highest BCUT2D eigenvalue weighted by Gasteiger charge is 2.32. The largest absolute Gasteiger partial charge is 0.481 e. The highest BCUT2D eigenvalue weighted by atomic mass is 16.4. The summed E-state index contributed by atoms with van der Waals surface area (Å²) in [5.74, 6) is -0.726. The second-order valence-corrected chi connectivity index (χ2v) is 4.28. The maximum atomic E-state index is 11.1. The van der Waals surface area contributed by atoms with Crippen LogP contribution in [0.1, 0.15) is 37.2 Å². The smallest absolute Gasteiger partial charge is 0.307 e. The van der Waals surface area contributed by atoms with Crippen molar-refractivity contribution in [2.45, 2.75) is 31.6 Å². The third-order valence-corrected chi connectivity index (χ3v) is 3.24. The quantitative estimate of drug-likeness (QED) is 0.806. The molecule has 4 heteroatoms. The lowest BCUT2D eigenvalue weighted by Gasteiger charge is -2.27. The average molecular weight is 208 g/mol. The van der Waals surface area contributed by atoms with E-state index in [1.807, 2.05) is 13.2 Å². The third-order valence-electron chi connectivity index (χ3n) is 3.24. The molecule has 0 bridgehead atoms. The molecule has 1 aliphatic rings. The van der Waals surface area contributed by atoms with Gasteiger partial charge >= 0.3 is 5.97 Å². The Labute approximate surface area is 88.9 Å². The van der Waals surface area contributed by atoms with E-state index in [0.29, 0.717) is 0 Å². The molecule has 0 aliphatic heterocycles. The van der Waals surface area contributed by atoms with E-state index in [-0.39, 0.29) is 11.8 Å². The molecule has 2 rings (SSSR count). The summed E-state index contributed by atoms with van der Waals surface area (Å²) in [6.45, 7) is 0. The number of nitrogens with zero attached hydrogens (tertiary/aromatic N) is 2. The van der Waals surface area contributed by atoms with Crippen molar-refractivity contribution in [2.75, 3.05) is 0 Å². The van der Waals surface area contributed by atoms with Crippen LogP contribution in [-0.4, -0.2) is 20.9 Å². The molecule has 1 saturated carbocycles. The normalized spacial score (nSPS) is 26.5. The number of aryl methyl sites for hydroxylation is 1. The van der Waals surface area contributed by atoms with Crippen LogP contribution in [0.5, 0.6) is 0 Å². The summed E-state index contributed by atoms with van der Waals surface area (Å²) >= 11 is 0. The molecule has 0 saturated heterocycles. The fourth-order valence-electron chi connectivity index (χ4n) is 2.46. The monoisotopic (exact) mass is 208 g/mol. The van der Waals surface area contributed by atoms with Crippen LogP contribution in [0.15, 0.2) is 12.4 Å². The lowest BCUT2D eigenvalue weighted by molar-refractivity contribution is -0.143. The van der Waals surface area contributed by atoms with Gasteiger partial charge in [0.05, 0.1) is 12.1 Å².